The maximum absolute atomic E-state index is 12.8. The van der Waals surface area contributed by atoms with Crippen LogP contribution in [0.4, 0.5) is 5.69 Å². The van der Waals surface area contributed by atoms with E-state index in [0.29, 0.717) is 16.8 Å². The van der Waals surface area contributed by atoms with Crippen molar-refractivity contribution in [3.63, 3.8) is 0 Å². The highest BCUT2D eigenvalue weighted by atomic mass is 16.5. The molecule has 1 aliphatic rings. The lowest BCUT2D eigenvalue weighted by atomic mass is 10.1. The summed E-state index contributed by atoms with van der Waals surface area (Å²) in [5, 5.41) is 2.91. The van der Waals surface area contributed by atoms with Gasteiger partial charge in [0.2, 0.25) is 0 Å². The van der Waals surface area contributed by atoms with Crippen molar-refractivity contribution in [2.24, 2.45) is 0 Å². The quantitative estimate of drug-likeness (QED) is 0.535. The molecule has 0 unspecified atom stereocenters. The van der Waals surface area contributed by atoms with Gasteiger partial charge in [-0.3, -0.25) is 14.6 Å². The van der Waals surface area contributed by atoms with Gasteiger partial charge in [-0.05, 0) is 47.9 Å². The summed E-state index contributed by atoms with van der Waals surface area (Å²) in [5.74, 6) is -0.632. The minimum atomic E-state index is -0.430. The van der Waals surface area contributed by atoms with Crippen LogP contribution in [0.15, 0.2) is 72.8 Å². The van der Waals surface area contributed by atoms with Crippen molar-refractivity contribution in [1.82, 2.24) is 9.80 Å². The van der Waals surface area contributed by atoms with Gasteiger partial charge in [-0.1, -0.05) is 48.5 Å². The molecular formula is C28H31N3O3. The third kappa shape index (κ3) is 6.10. The molecule has 0 atom stereocenters. The van der Waals surface area contributed by atoms with Crippen LogP contribution in [0.5, 0.6) is 0 Å². The number of carbonyl (C=O) groups excluding carboxylic acids is 2. The molecule has 0 spiro atoms. The molecule has 1 aliphatic heterocycles. The average Bonchev–Trinajstić information content (AvgIpc) is 2.87. The normalized spacial score (nSPS) is 14.5. The number of aryl methyl sites for hydroxylation is 1. The topological polar surface area (TPSA) is 61.9 Å². The van der Waals surface area contributed by atoms with Crippen LogP contribution in [0.2, 0.25) is 0 Å². The van der Waals surface area contributed by atoms with Gasteiger partial charge in [0.15, 0.2) is 0 Å². The van der Waals surface area contributed by atoms with Crippen molar-refractivity contribution in [3.05, 3.63) is 101 Å². The molecule has 3 aromatic carbocycles. The lowest BCUT2D eigenvalue weighted by Gasteiger charge is -2.34. The molecule has 0 aromatic heterocycles. The van der Waals surface area contributed by atoms with Crippen LogP contribution in [0.1, 0.15) is 37.4 Å². The van der Waals surface area contributed by atoms with Gasteiger partial charge in [-0.2, -0.15) is 0 Å². The first-order chi connectivity index (χ1) is 16.5. The van der Waals surface area contributed by atoms with Crippen molar-refractivity contribution in [2.45, 2.75) is 20.0 Å². The molecule has 1 fully saturated rings. The smallest absolute Gasteiger partial charge is 0.337 e. The summed E-state index contributed by atoms with van der Waals surface area (Å²) in [4.78, 5) is 29.5. The van der Waals surface area contributed by atoms with Crippen molar-refractivity contribution >= 4 is 17.6 Å². The van der Waals surface area contributed by atoms with E-state index in [0.717, 1.165) is 44.8 Å². The van der Waals surface area contributed by atoms with Gasteiger partial charge in [0.05, 0.1) is 12.7 Å². The zero-order valence-electron chi connectivity index (χ0n) is 19.8. The molecule has 34 heavy (non-hydrogen) atoms. The fourth-order valence-corrected chi connectivity index (χ4v) is 4.16. The summed E-state index contributed by atoms with van der Waals surface area (Å²) in [5.41, 5.74) is 5.02. The molecule has 1 saturated heterocycles. The van der Waals surface area contributed by atoms with Crippen LogP contribution in [-0.2, 0) is 17.8 Å². The zero-order chi connectivity index (χ0) is 23.9. The number of amides is 1. The average molecular weight is 458 g/mol. The predicted octanol–water partition coefficient (Wildman–Crippen LogP) is 4.35. The number of piperazine rings is 1. The molecule has 3 aromatic rings. The van der Waals surface area contributed by atoms with E-state index in [1.807, 2.05) is 31.2 Å². The van der Waals surface area contributed by atoms with Crippen LogP contribution in [0, 0.1) is 6.92 Å². The van der Waals surface area contributed by atoms with Gasteiger partial charge in [-0.25, -0.2) is 4.79 Å². The molecule has 176 valence electrons. The number of ether oxygens (including phenoxy) is 1. The molecular weight excluding hydrogens is 426 g/mol. The minimum absolute atomic E-state index is 0.203. The summed E-state index contributed by atoms with van der Waals surface area (Å²) in [6.07, 6.45) is 0. The third-order valence-corrected chi connectivity index (χ3v) is 6.24. The van der Waals surface area contributed by atoms with Gasteiger partial charge in [-0.15, -0.1) is 0 Å². The van der Waals surface area contributed by atoms with Crippen molar-refractivity contribution in [1.29, 1.82) is 0 Å². The second-order valence-corrected chi connectivity index (χ2v) is 8.71. The van der Waals surface area contributed by atoms with Crippen LogP contribution in [-0.4, -0.2) is 55.0 Å². The predicted molar refractivity (Wildman–Crippen MR) is 134 cm³/mol. The first kappa shape index (κ1) is 23.7. The monoisotopic (exact) mass is 457 g/mol. The summed E-state index contributed by atoms with van der Waals surface area (Å²) in [6, 6.07) is 23.5. The molecule has 1 amide bonds. The Labute approximate surface area is 201 Å². The molecule has 0 radical (unpaired) electrons. The standard InChI is InChI=1S/C28H31N3O3/c1-21-8-11-25(28(33)34-2)18-26(21)29-27(32)24-12-9-23(10-13-24)20-31-16-14-30(15-17-31)19-22-6-4-3-5-7-22/h3-13,18H,14-17,19-20H2,1-2H3,(H,29,32). The number of nitrogens with zero attached hydrogens (tertiary/aromatic N) is 2. The summed E-state index contributed by atoms with van der Waals surface area (Å²) >= 11 is 0. The fourth-order valence-electron chi connectivity index (χ4n) is 4.16. The first-order valence-corrected chi connectivity index (χ1v) is 11.6. The van der Waals surface area contributed by atoms with E-state index >= 15 is 0 Å². The van der Waals surface area contributed by atoms with Crippen LogP contribution in [0.3, 0.4) is 0 Å². The van der Waals surface area contributed by atoms with Crippen molar-refractivity contribution in [3.8, 4) is 0 Å². The Hall–Kier alpha value is -3.48. The van der Waals surface area contributed by atoms with Crippen LogP contribution >= 0.6 is 0 Å². The Morgan fingerprint density at radius 2 is 1.35 bits per heavy atom. The number of carbonyl (C=O) groups is 2. The van der Waals surface area contributed by atoms with Crippen LogP contribution < -0.4 is 5.32 Å². The van der Waals surface area contributed by atoms with E-state index < -0.39 is 5.97 Å². The largest absolute Gasteiger partial charge is 0.465 e. The maximum Gasteiger partial charge on any atom is 0.337 e. The molecule has 1 heterocycles. The number of hydrogen-bond donors (Lipinski definition) is 1. The Kier molecular flexibility index (Phi) is 7.72. The van der Waals surface area contributed by atoms with Gasteiger partial charge in [0.25, 0.3) is 5.91 Å². The highest BCUT2D eigenvalue weighted by molar-refractivity contribution is 6.05. The number of rotatable bonds is 7. The van der Waals surface area contributed by atoms with Gasteiger partial charge < -0.3 is 10.1 Å². The Morgan fingerprint density at radius 3 is 1.94 bits per heavy atom. The Balaban J connectivity index is 1.30. The first-order valence-electron chi connectivity index (χ1n) is 11.6. The van der Waals surface area contributed by atoms with E-state index in [4.69, 9.17) is 4.74 Å². The fraction of sp³-hybridized carbons (Fsp3) is 0.286. The number of anilines is 1. The second kappa shape index (κ2) is 11.1. The van der Waals surface area contributed by atoms with E-state index in [9.17, 15) is 9.59 Å². The lowest BCUT2D eigenvalue weighted by molar-refractivity contribution is 0.0600. The van der Waals surface area contributed by atoms with E-state index in [-0.39, 0.29) is 5.91 Å². The zero-order valence-corrected chi connectivity index (χ0v) is 19.8. The van der Waals surface area contributed by atoms with E-state index in [1.165, 1.54) is 18.2 Å². The number of benzene rings is 3. The summed E-state index contributed by atoms with van der Waals surface area (Å²) in [7, 11) is 1.34. The Morgan fingerprint density at radius 1 is 0.794 bits per heavy atom. The molecule has 0 bridgehead atoms. The SMILES string of the molecule is COC(=O)c1ccc(C)c(NC(=O)c2ccc(CN3CCN(Cc4ccccc4)CC3)cc2)c1. The number of nitrogens with one attached hydrogen (secondary N) is 1. The van der Waals surface area contributed by atoms with Crippen molar-refractivity contribution in [2.75, 3.05) is 38.6 Å². The Bertz CT molecular complexity index is 1120. The molecule has 0 aliphatic carbocycles. The molecule has 1 N–H and O–H groups in total. The van der Waals surface area contributed by atoms with Crippen LogP contribution in [0.25, 0.3) is 0 Å². The number of hydrogen-bond acceptors (Lipinski definition) is 5. The minimum Gasteiger partial charge on any atom is -0.465 e. The maximum atomic E-state index is 12.8. The number of methoxy groups -OCH3 is 1. The lowest BCUT2D eigenvalue weighted by Crippen LogP contribution is -2.45. The molecule has 0 saturated carbocycles. The third-order valence-electron chi connectivity index (χ3n) is 6.24. The summed E-state index contributed by atoms with van der Waals surface area (Å²) < 4.78 is 4.77. The van der Waals surface area contributed by atoms with E-state index in [1.54, 1.807) is 18.2 Å². The van der Waals surface area contributed by atoms with Gasteiger partial charge >= 0.3 is 5.97 Å². The highest BCUT2D eigenvalue weighted by Crippen LogP contribution is 2.19. The molecule has 6 nitrogen and oxygen atoms in total. The van der Waals surface area contributed by atoms with Gasteiger partial charge in [0, 0.05) is 50.5 Å². The number of esters is 1. The highest BCUT2D eigenvalue weighted by Gasteiger charge is 2.17. The van der Waals surface area contributed by atoms with Crippen molar-refractivity contribution < 1.29 is 14.3 Å². The van der Waals surface area contributed by atoms with Gasteiger partial charge in [0.1, 0.15) is 0 Å². The van der Waals surface area contributed by atoms with E-state index in [2.05, 4.69) is 45.4 Å². The second-order valence-electron chi connectivity index (χ2n) is 8.71. The summed E-state index contributed by atoms with van der Waals surface area (Å²) in [6.45, 7) is 7.94. The molecule has 6 heteroatoms. The molecule has 4 rings (SSSR count).